The number of ether oxygens (including phenoxy) is 1. The summed E-state index contributed by atoms with van der Waals surface area (Å²) in [7, 11) is 0. The van der Waals surface area contributed by atoms with Crippen LogP contribution in [0, 0.1) is 5.41 Å². The average molecular weight is 321 g/mol. The molecular formula is C16H17F2N3O2. The van der Waals surface area contributed by atoms with Crippen LogP contribution in [0.2, 0.25) is 0 Å². The first kappa shape index (κ1) is 15.5. The SMILES string of the molecule is CC1(C)CNC(=O)c2nc(-c3cccc(OC(F)F)c3)[nH]c2C1. The number of nitrogens with one attached hydrogen (secondary N) is 2. The van der Waals surface area contributed by atoms with Gasteiger partial charge in [-0.05, 0) is 24.0 Å². The van der Waals surface area contributed by atoms with Gasteiger partial charge < -0.3 is 15.0 Å². The molecule has 0 aliphatic carbocycles. The van der Waals surface area contributed by atoms with E-state index in [1.54, 1.807) is 12.1 Å². The van der Waals surface area contributed by atoms with Crippen molar-refractivity contribution >= 4 is 5.91 Å². The van der Waals surface area contributed by atoms with Crippen molar-refractivity contribution in [2.75, 3.05) is 6.54 Å². The number of carbonyl (C=O) groups is 1. The standard InChI is InChI=1S/C16H17F2N3O2/c1-16(2)7-11-12(14(22)19-8-16)21-13(20-11)9-4-3-5-10(6-9)23-15(17)18/h3-6,15H,7-8H2,1-2H3,(H,19,22)(H,20,21). The Labute approximate surface area is 132 Å². The van der Waals surface area contributed by atoms with Crippen molar-refractivity contribution in [1.82, 2.24) is 15.3 Å². The molecule has 5 nitrogen and oxygen atoms in total. The molecule has 3 rings (SSSR count). The van der Waals surface area contributed by atoms with Crippen LogP contribution in [0.4, 0.5) is 8.78 Å². The molecule has 0 radical (unpaired) electrons. The van der Waals surface area contributed by atoms with Crippen LogP contribution < -0.4 is 10.1 Å². The number of nitrogens with zero attached hydrogens (tertiary/aromatic N) is 1. The minimum atomic E-state index is -2.88. The van der Waals surface area contributed by atoms with Crippen molar-refractivity contribution in [2.45, 2.75) is 26.9 Å². The van der Waals surface area contributed by atoms with Gasteiger partial charge in [-0.2, -0.15) is 8.78 Å². The van der Waals surface area contributed by atoms with Crippen LogP contribution in [0.3, 0.4) is 0 Å². The zero-order valence-corrected chi connectivity index (χ0v) is 12.8. The van der Waals surface area contributed by atoms with Crippen LogP contribution in [0.5, 0.6) is 5.75 Å². The number of hydrogen-bond acceptors (Lipinski definition) is 3. The van der Waals surface area contributed by atoms with E-state index in [0.29, 0.717) is 30.0 Å². The molecule has 0 unspecified atom stereocenters. The van der Waals surface area contributed by atoms with Crippen LogP contribution in [0.25, 0.3) is 11.4 Å². The van der Waals surface area contributed by atoms with E-state index >= 15 is 0 Å². The summed E-state index contributed by atoms with van der Waals surface area (Å²) in [4.78, 5) is 19.6. The third-order valence-electron chi connectivity index (χ3n) is 3.71. The molecule has 2 heterocycles. The van der Waals surface area contributed by atoms with Crippen molar-refractivity contribution in [3.8, 4) is 17.1 Å². The molecule has 2 N–H and O–H groups in total. The number of benzene rings is 1. The monoisotopic (exact) mass is 321 g/mol. The normalized spacial score (nSPS) is 16.7. The second kappa shape index (κ2) is 5.64. The average Bonchev–Trinajstić information content (AvgIpc) is 2.83. The Hall–Kier alpha value is -2.44. The minimum absolute atomic E-state index is 0.0499. The van der Waals surface area contributed by atoms with Crippen LogP contribution >= 0.6 is 0 Å². The Kier molecular flexibility index (Phi) is 3.79. The quantitative estimate of drug-likeness (QED) is 0.913. The summed E-state index contributed by atoms with van der Waals surface area (Å²) in [6, 6.07) is 6.23. The summed E-state index contributed by atoms with van der Waals surface area (Å²) in [5.41, 5.74) is 1.60. The van der Waals surface area contributed by atoms with Crippen LogP contribution in [0.15, 0.2) is 24.3 Å². The van der Waals surface area contributed by atoms with E-state index in [9.17, 15) is 13.6 Å². The molecule has 0 saturated heterocycles. The summed E-state index contributed by atoms with van der Waals surface area (Å²) in [5, 5.41) is 2.85. The first-order valence-corrected chi connectivity index (χ1v) is 7.26. The van der Waals surface area contributed by atoms with Crippen LogP contribution in [-0.4, -0.2) is 29.0 Å². The smallest absolute Gasteiger partial charge is 0.387 e. The predicted octanol–water partition coefficient (Wildman–Crippen LogP) is 2.99. The van der Waals surface area contributed by atoms with Gasteiger partial charge in [0.1, 0.15) is 17.3 Å². The van der Waals surface area contributed by atoms with Gasteiger partial charge in [-0.1, -0.05) is 26.0 Å². The number of aromatic nitrogens is 2. The maximum Gasteiger partial charge on any atom is 0.387 e. The molecule has 0 spiro atoms. The second-order valence-corrected chi connectivity index (χ2v) is 6.34. The number of rotatable bonds is 3. The molecule has 0 bridgehead atoms. The zero-order chi connectivity index (χ0) is 16.6. The zero-order valence-electron chi connectivity index (χ0n) is 12.8. The maximum atomic E-state index is 12.3. The van der Waals surface area contributed by atoms with E-state index in [1.165, 1.54) is 12.1 Å². The molecule has 1 amide bonds. The number of carbonyl (C=O) groups excluding carboxylic acids is 1. The number of amides is 1. The third-order valence-corrected chi connectivity index (χ3v) is 3.71. The summed E-state index contributed by atoms with van der Waals surface area (Å²) < 4.78 is 29.0. The van der Waals surface area contributed by atoms with Gasteiger partial charge in [0.25, 0.3) is 5.91 Å². The van der Waals surface area contributed by atoms with Gasteiger partial charge in [-0.15, -0.1) is 0 Å². The van der Waals surface area contributed by atoms with E-state index in [0.717, 1.165) is 5.69 Å². The molecule has 1 aliphatic heterocycles. The fourth-order valence-corrected chi connectivity index (χ4v) is 2.63. The molecule has 122 valence electrons. The largest absolute Gasteiger partial charge is 0.435 e. The molecule has 2 aromatic rings. The van der Waals surface area contributed by atoms with Crippen LogP contribution in [0.1, 0.15) is 30.0 Å². The van der Waals surface area contributed by atoms with E-state index in [-0.39, 0.29) is 17.1 Å². The lowest BCUT2D eigenvalue weighted by Crippen LogP contribution is -2.32. The lowest BCUT2D eigenvalue weighted by molar-refractivity contribution is -0.0498. The van der Waals surface area contributed by atoms with E-state index in [4.69, 9.17) is 0 Å². The van der Waals surface area contributed by atoms with Crippen molar-refractivity contribution in [2.24, 2.45) is 5.41 Å². The highest BCUT2D eigenvalue weighted by Crippen LogP contribution is 2.29. The highest BCUT2D eigenvalue weighted by atomic mass is 19.3. The fourth-order valence-electron chi connectivity index (χ4n) is 2.63. The molecule has 1 aromatic carbocycles. The molecule has 1 aromatic heterocycles. The topological polar surface area (TPSA) is 67.0 Å². The van der Waals surface area contributed by atoms with E-state index in [1.807, 2.05) is 0 Å². The lowest BCUT2D eigenvalue weighted by Gasteiger charge is -2.21. The Bertz CT molecular complexity index is 741. The van der Waals surface area contributed by atoms with Gasteiger partial charge in [0.2, 0.25) is 0 Å². The molecule has 1 aliphatic rings. The number of H-pyrrole nitrogens is 1. The Morgan fingerprint density at radius 1 is 1.35 bits per heavy atom. The van der Waals surface area contributed by atoms with Crippen molar-refractivity contribution in [1.29, 1.82) is 0 Å². The van der Waals surface area contributed by atoms with Crippen molar-refractivity contribution in [3.63, 3.8) is 0 Å². The maximum absolute atomic E-state index is 12.3. The summed E-state index contributed by atoms with van der Waals surface area (Å²) in [5.74, 6) is 0.282. The van der Waals surface area contributed by atoms with Gasteiger partial charge in [0.05, 0.1) is 0 Å². The molecule has 0 saturated carbocycles. The third kappa shape index (κ3) is 3.33. The van der Waals surface area contributed by atoms with Gasteiger partial charge >= 0.3 is 6.61 Å². The highest BCUT2D eigenvalue weighted by Gasteiger charge is 2.30. The minimum Gasteiger partial charge on any atom is -0.435 e. The molecule has 0 fully saturated rings. The highest BCUT2D eigenvalue weighted by molar-refractivity contribution is 5.94. The number of aromatic amines is 1. The first-order valence-electron chi connectivity index (χ1n) is 7.26. The summed E-state index contributed by atoms with van der Waals surface area (Å²) >= 11 is 0. The van der Waals surface area contributed by atoms with Gasteiger partial charge in [0.15, 0.2) is 0 Å². The number of halogens is 2. The Morgan fingerprint density at radius 3 is 2.87 bits per heavy atom. The summed E-state index contributed by atoms with van der Waals surface area (Å²) in [6.45, 7) is 1.80. The number of alkyl halides is 2. The Morgan fingerprint density at radius 2 is 2.13 bits per heavy atom. The van der Waals surface area contributed by atoms with Gasteiger partial charge in [-0.3, -0.25) is 4.79 Å². The second-order valence-electron chi connectivity index (χ2n) is 6.34. The van der Waals surface area contributed by atoms with Gasteiger partial charge in [-0.25, -0.2) is 4.98 Å². The molecule has 23 heavy (non-hydrogen) atoms. The molecule has 7 heteroatoms. The number of imidazole rings is 1. The van der Waals surface area contributed by atoms with Crippen LogP contribution in [-0.2, 0) is 6.42 Å². The van der Waals surface area contributed by atoms with E-state index < -0.39 is 6.61 Å². The Balaban J connectivity index is 1.97. The number of hydrogen-bond donors (Lipinski definition) is 2. The van der Waals surface area contributed by atoms with E-state index in [2.05, 4.69) is 33.9 Å². The molecule has 0 atom stereocenters. The fraction of sp³-hybridized carbons (Fsp3) is 0.375. The predicted molar refractivity (Wildman–Crippen MR) is 80.5 cm³/mol. The lowest BCUT2D eigenvalue weighted by atomic mass is 9.88. The summed E-state index contributed by atoms with van der Waals surface area (Å²) in [6.07, 6.45) is 0.668. The van der Waals surface area contributed by atoms with Crippen molar-refractivity contribution in [3.05, 3.63) is 35.7 Å². The first-order chi connectivity index (χ1) is 10.8. The molecular weight excluding hydrogens is 304 g/mol. The van der Waals surface area contributed by atoms with Crippen molar-refractivity contribution < 1.29 is 18.3 Å². The number of fused-ring (bicyclic) bond motifs is 1. The van der Waals surface area contributed by atoms with Gasteiger partial charge in [0, 0.05) is 17.8 Å².